The summed E-state index contributed by atoms with van der Waals surface area (Å²) in [7, 11) is 0. The first kappa shape index (κ1) is 14.2. The molecule has 3 rings (SSSR count). The SMILES string of the molecule is CC(C)(c1nc(Cc2ccccn2)no1)C1CCCNC1. The first-order valence-electron chi connectivity index (χ1n) is 7.60. The van der Waals surface area contributed by atoms with E-state index >= 15 is 0 Å². The van der Waals surface area contributed by atoms with Gasteiger partial charge in [-0.15, -0.1) is 0 Å². The Hall–Kier alpha value is -1.75. The van der Waals surface area contributed by atoms with Gasteiger partial charge in [-0.3, -0.25) is 4.98 Å². The molecule has 112 valence electrons. The van der Waals surface area contributed by atoms with E-state index in [0.29, 0.717) is 18.2 Å². The van der Waals surface area contributed by atoms with Gasteiger partial charge in [-0.1, -0.05) is 25.1 Å². The minimum Gasteiger partial charge on any atom is -0.339 e. The second-order valence-electron chi connectivity index (χ2n) is 6.28. The van der Waals surface area contributed by atoms with E-state index in [1.54, 1.807) is 6.20 Å². The highest BCUT2D eigenvalue weighted by atomic mass is 16.5. The van der Waals surface area contributed by atoms with Crippen LogP contribution in [0, 0.1) is 5.92 Å². The zero-order valence-corrected chi connectivity index (χ0v) is 12.7. The van der Waals surface area contributed by atoms with E-state index in [0.717, 1.165) is 24.7 Å². The number of hydrogen-bond acceptors (Lipinski definition) is 5. The first-order chi connectivity index (χ1) is 10.2. The lowest BCUT2D eigenvalue weighted by molar-refractivity contribution is 0.196. The standard InChI is InChI=1S/C16H22N4O/c1-16(2,12-6-5-8-17-11-12)15-19-14(20-21-15)10-13-7-3-4-9-18-13/h3-4,7,9,12,17H,5-6,8,10-11H2,1-2H3. The van der Waals surface area contributed by atoms with Crippen molar-refractivity contribution in [3.05, 3.63) is 41.8 Å². The third kappa shape index (κ3) is 3.13. The van der Waals surface area contributed by atoms with Gasteiger partial charge in [-0.25, -0.2) is 0 Å². The van der Waals surface area contributed by atoms with Crippen molar-refractivity contribution in [2.45, 2.75) is 38.5 Å². The molecule has 0 radical (unpaired) electrons. The summed E-state index contributed by atoms with van der Waals surface area (Å²) in [6.45, 7) is 6.53. The van der Waals surface area contributed by atoms with Gasteiger partial charge in [0, 0.05) is 17.3 Å². The minimum absolute atomic E-state index is 0.0945. The number of piperidine rings is 1. The molecule has 1 unspecified atom stereocenters. The Morgan fingerprint density at radius 1 is 1.38 bits per heavy atom. The Morgan fingerprint density at radius 3 is 3.00 bits per heavy atom. The average molecular weight is 286 g/mol. The summed E-state index contributed by atoms with van der Waals surface area (Å²) >= 11 is 0. The molecule has 0 aromatic carbocycles. The summed E-state index contributed by atoms with van der Waals surface area (Å²) < 4.78 is 5.54. The van der Waals surface area contributed by atoms with Crippen molar-refractivity contribution in [2.75, 3.05) is 13.1 Å². The number of aromatic nitrogens is 3. The van der Waals surface area contributed by atoms with E-state index in [4.69, 9.17) is 4.52 Å². The van der Waals surface area contributed by atoms with E-state index in [-0.39, 0.29) is 5.41 Å². The molecule has 0 bridgehead atoms. The molecule has 3 heterocycles. The molecule has 0 amide bonds. The highest BCUT2D eigenvalue weighted by molar-refractivity contribution is 5.11. The zero-order chi connectivity index (χ0) is 14.7. The van der Waals surface area contributed by atoms with E-state index in [1.807, 2.05) is 18.2 Å². The van der Waals surface area contributed by atoms with Crippen LogP contribution in [0.2, 0.25) is 0 Å². The fourth-order valence-corrected chi connectivity index (χ4v) is 2.89. The Morgan fingerprint density at radius 2 is 2.29 bits per heavy atom. The molecule has 1 fully saturated rings. The molecule has 2 aromatic heterocycles. The number of hydrogen-bond donors (Lipinski definition) is 1. The van der Waals surface area contributed by atoms with Crippen LogP contribution in [-0.4, -0.2) is 28.2 Å². The summed E-state index contributed by atoms with van der Waals surface area (Å²) in [6, 6.07) is 5.86. The van der Waals surface area contributed by atoms with Gasteiger partial charge in [0.1, 0.15) is 0 Å². The van der Waals surface area contributed by atoms with Gasteiger partial charge in [0.25, 0.3) is 0 Å². The summed E-state index contributed by atoms with van der Waals surface area (Å²) in [5, 5.41) is 7.58. The second kappa shape index (κ2) is 5.93. The van der Waals surface area contributed by atoms with Crippen molar-refractivity contribution < 1.29 is 4.52 Å². The Kier molecular flexibility index (Phi) is 4.01. The number of rotatable bonds is 4. The molecule has 2 aromatic rings. The molecule has 1 saturated heterocycles. The summed E-state index contributed by atoms with van der Waals surface area (Å²) in [6.07, 6.45) is 4.82. The van der Waals surface area contributed by atoms with Crippen molar-refractivity contribution in [2.24, 2.45) is 5.92 Å². The fourth-order valence-electron chi connectivity index (χ4n) is 2.89. The van der Waals surface area contributed by atoms with Gasteiger partial charge in [0.05, 0.1) is 6.42 Å². The molecule has 1 aliphatic rings. The number of nitrogens with one attached hydrogen (secondary N) is 1. The smallest absolute Gasteiger partial charge is 0.232 e. The molecule has 1 N–H and O–H groups in total. The molecule has 5 nitrogen and oxygen atoms in total. The van der Waals surface area contributed by atoms with Crippen molar-refractivity contribution in [1.29, 1.82) is 0 Å². The number of pyridine rings is 1. The third-order valence-electron chi connectivity index (χ3n) is 4.40. The predicted molar refractivity (Wildman–Crippen MR) is 80.0 cm³/mol. The topological polar surface area (TPSA) is 63.8 Å². The lowest BCUT2D eigenvalue weighted by atomic mass is 9.75. The maximum atomic E-state index is 5.54. The predicted octanol–water partition coefficient (Wildman–Crippen LogP) is 2.33. The van der Waals surface area contributed by atoms with Gasteiger partial charge < -0.3 is 9.84 Å². The van der Waals surface area contributed by atoms with Crippen molar-refractivity contribution in [3.63, 3.8) is 0 Å². The maximum absolute atomic E-state index is 5.54. The number of nitrogens with zero attached hydrogens (tertiary/aromatic N) is 3. The van der Waals surface area contributed by atoms with Crippen LogP contribution >= 0.6 is 0 Å². The van der Waals surface area contributed by atoms with Gasteiger partial charge >= 0.3 is 0 Å². The summed E-state index contributed by atoms with van der Waals surface area (Å²) in [4.78, 5) is 8.91. The Balaban J connectivity index is 1.74. The van der Waals surface area contributed by atoms with Crippen molar-refractivity contribution in [3.8, 4) is 0 Å². The fraction of sp³-hybridized carbons (Fsp3) is 0.562. The van der Waals surface area contributed by atoms with E-state index in [1.165, 1.54) is 12.8 Å². The van der Waals surface area contributed by atoms with Crippen LogP contribution in [0.5, 0.6) is 0 Å². The van der Waals surface area contributed by atoms with E-state index < -0.39 is 0 Å². The van der Waals surface area contributed by atoms with Crippen LogP contribution < -0.4 is 5.32 Å². The average Bonchev–Trinajstić information content (AvgIpc) is 2.98. The van der Waals surface area contributed by atoms with Crippen LogP contribution in [0.15, 0.2) is 28.9 Å². The molecular formula is C16H22N4O. The van der Waals surface area contributed by atoms with Gasteiger partial charge in [-0.2, -0.15) is 4.98 Å². The molecule has 1 aliphatic heterocycles. The van der Waals surface area contributed by atoms with Crippen molar-refractivity contribution in [1.82, 2.24) is 20.4 Å². The molecule has 0 saturated carbocycles. The first-order valence-corrected chi connectivity index (χ1v) is 7.60. The maximum Gasteiger partial charge on any atom is 0.232 e. The lowest BCUT2D eigenvalue weighted by Crippen LogP contribution is -2.40. The van der Waals surface area contributed by atoms with E-state index in [9.17, 15) is 0 Å². The normalized spacial score (nSPS) is 19.6. The largest absolute Gasteiger partial charge is 0.339 e. The van der Waals surface area contributed by atoms with Gasteiger partial charge in [0.15, 0.2) is 5.82 Å². The Labute approximate surface area is 125 Å². The van der Waals surface area contributed by atoms with Crippen LogP contribution in [0.1, 0.15) is 44.1 Å². The zero-order valence-electron chi connectivity index (χ0n) is 12.7. The molecule has 0 aliphatic carbocycles. The van der Waals surface area contributed by atoms with Crippen LogP contribution in [0.4, 0.5) is 0 Å². The second-order valence-corrected chi connectivity index (χ2v) is 6.28. The lowest BCUT2D eigenvalue weighted by Gasteiger charge is -2.34. The molecule has 5 heteroatoms. The van der Waals surface area contributed by atoms with E-state index in [2.05, 4.69) is 34.3 Å². The van der Waals surface area contributed by atoms with Gasteiger partial charge in [-0.05, 0) is 44.0 Å². The summed E-state index contributed by atoms with van der Waals surface area (Å²) in [5.74, 6) is 1.98. The van der Waals surface area contributed by atoms with Crippen LogP contribution in [0.25, 0.3) is 0 Å². The molecule has 21 heavy (non-hydrogen) atoms. The Bertz CT molecular complexity index is 573. The minimum atomic E-state index is -0.0945. The van der Waals surface area contributed by atoms with Gasteiger partial charge in [0.2, 0.25) is 5.89 Å². The monoisotopic (exact) mass is 286 g/mol. The van der Waals surface area contributed by atoms with Crippen LogP contribution in [-0.2, 0) is 11.8 Å². The summed E-state index contributed by atoms with van der Waals surface area (Å²) in [5.41, 5.74) is 0.866. The highest BCUT2D eigenvalue weighted by Gasteiger charge is 2.37. The highest BCUT2D eigenvalue weighted by Crippen LogP contribution is 2.34. The molecule has 1 atom stereocenters. The van der Waals surface area contributed by atoms with Crippen molar-refractivity contribution >= 4 is 0 Å². The molecule has 0 spiro atoms. The quantitative estimate of drug-likeness (QED) is 0.934. The molecular weight excluding hydrogens is 264 g/mol. The van der Waals surface area contributed by atoms with Crippen LogP contribution in [0.3, 0.4) is 0 Å². The third-order valence-corrected chi connectivity index (χ3v) is 4.40.